The normalized spacial score (nSPS) is 14.1. The number of rotatable bonds is 6. The predicted octanol–water partition coefficient (Wildman–Crippen LogP) is 2.36. The minimum atomic E-state index is -2.58. The lowest BCUT2D eigenvalue weighted by Crippen LogP contribution is -2.11. The molecule has 0 unspecified atom stereocenters. The number of nitrogens with zero attached hydrogens (tertiary/aromatic N) is 1. The summed E-state index contributed by atoms with van der Waals surface area (Å²) in [6.45, 7) is 0. The largest absolute Gasteiger partial charge is 0.476 e. The van der Waals surface area contributed by atoms with Crippen LogP contribution in [0.15, 0.2) is 27.2 Å². The number of benzene rings is 1. The van der Waals surface area contributed by atoms with Crippen LogP contribution in [0.1, 0.15) is 56.5 Å². The lowest BCUT2D eigenvalue weighted by Gasteiger charge is -2.06. The van der Waals surface area contributed by atoms with Crippen molar-refractivity contribution in [3.05, 3.63) is 50.8 Å². The number of hydrogen-bond donors (Lipinski definition) is 2. The van der Waals surface area contributed by atoms with Gasteiger partial charge in [0.25, 0.3) is 0 Å². The third-order valence-electron chi connectivity index (χ3n) is 3.69. The van der Waals surface area contributed by atoms with E-state index in [0.717, 1.165) is 12.8 Å². The molecule has 0 radical (unpaired) electrons. The van der Waals surface area contributed by atoms with Crippen molar-refractivity contribution in [3.63, 3.8) is 0 Å². The summed E-state index contributed by atoms with van der Waals surface area (Å²) in [5.74, 6) is -1.66. The number of carbonyl (C=O) groups excluding carboxylic acids is 1. The molecular formula is C15H12BrNO6S. The van der Waals surface area contributed by atoms with E-state index >= 15 is 0 Å². The second-order valence-electron chi connectivity index (χ2n) is 5.48. The van der Waals surface area contributed by atoms with Crippen LogP contribution in [-0.4, -0.2) is 30.4 Å². The molecule has 0 saturated heterocycles. The molecule has 0 amide bonds. The first-order valence-electron chi connectivity index (χ1n) is 7.06. The Bertz CT molecular complexity index is 905. The highest BCUT2D eigenvalue weighted by atomic mass is 79.9. The Hall–Kier alpha value is -2.00. The van der Waals surface area contributed by atoms with Crippen LogP contribution >= 0.6 is 15.9 Å². The number of hydrogen-bond acceptors (Lipinski definition) is 6. The number of thiol groups is 1. The third kappa shape index (κ3) is 3.27. The summed E-state index contributed by atoms with van der Waals surface area (Å²) >= 11 is 3.25. The summed E-state index contributed by atoms with van der Waals surface area (Å²) in [5.41, 5.74) is 0.321. The van der Waals surface area contributed by atoms with E-state index in [2.05, 4.69) is 21.1 Å². The molecule has 9 heteroatoms. The fourth-order valence-corrected chi connectivity index (χ4v) is 3.52. The van der Waals surface area contributed by atoms with E-state index in [1.165, 1.54) is 18.2 Å². The molecule has 3 rings (SSSR count). The number of carboxylic acid groups (broad SMARTS) is 1. The molecular weight excluding hydrogens is 402 g/mol. The van der Waals surface area contributed by atoms with E-state index in [4.69, 9.17) is 4.52 Å². The van der Waals surface area contributed by atoms with Gasteiger partial charge in [0.2, 0.25) is 5.69 Å². The first kappa shape index (κ1) is 16.8. The van der Waals surface area contributed by atoms with Crippen molar-refractivity contribution in [2.24, 2.45) is 0 Å². The lowest BCUT2D eigenvalue weighted by molar-refractivity contribution is 0.0682. The van der Waals surface area contributed by atoms with E-state index in [9.17, 15) is 23.1 Å². The molecule has 1 aliphatic rings. The highest BCUT2D eigenvalue weighted by Crippen LogP contribution is 2.43. The zero-order chi connectivity index (χ0) is 17.4. The van der Waals surface area contributed by atoms with Crippen molar-refractivity contribution >= 4 is 38.4 Å². The number of carbonyl (C=O) groups is 2. The highest BCUT2D eigenvalue weighted by Gasteiger charge is 2.37. The maximum Gasteiger partial charge on any atom is 0.358 e. The maximum atomic E-state index is 12.8. The first-order valence-corrected chi connectivity index (χ1v) is 9.22. The second-order valence-corrected chi connectivity index (χ2v) is 7.32. The van der Waals surface area contributed by atoms with Crippen molar-refractivity contribution in [3.8, 4) is 0 Å². The van der Waals surface area contributed by atoms with E-state index in [0.29, 0.717) is 15.8 Å². The average Bonchev–Trinajstić information content (AvgIpc) is 3.24. The summed E-state index contributed by atoms with van der Waals surface area (Å²) < 4.78 is 27.1. The molecule has 1 saturated carbocycles. The second kappa shape index (κ2) is 6.48. The minimum absolute atomic E-state index is 0.0204. The van der Waals surface area contributed by atoms with Crippen LogP contribution in [0, 0.1) is 0 Å². The van der Waals surface area contributed by atoms with Gasteiger partial charge in [0.1, 0.15) is 16.3 Å². The van der Waals surface area contributed by atoms with Gasteiger partial charge < -0.3 is 9.63 Å². The number of ketones is 1. The van der Waals surface area contributed by atoms with Crippen molar-refractivity contribution in [2.75, 3.05) is 0 Å². The number of aromatic nitrogens is 1. The number of halogens is 1. The summed E-state index contributed by atoms with van der Waals surface area (Å²) in [6, 6.07) is 4.52. The Balaban J connectivity index is 2.03. The smallest absolute Gasteiger partial charge is 0.358 e. The van der Waals surface area contributed by atoms with Crippen LogP contribution in [0.2, 0.25) is 0 Å². The Morgan fingerprint density at radius 2 is 2.04 bits per heavy atom. The molecule has 24 heavy (non-hydrogen) atoms. The van der Waals surface area contributed by atoms with E-state index in [1.54, 1.807) is 0 Å². The third-order valence-corrected chi connectivity index (χ3v) is 4.97. The van der Waals surface area contributed by atoms with Gasteiger partial charge in [-0.1, -0.05) is 27.2 Å². The van der Waals surface area contributed by atoms with Crippen LogP contribution in [-0.2, 0) is 16.5 Å². The SMILES string of the molecule is O=C(O)c1noc(C2CC2)c1C(=O)c1ccc(C[SH](=O)=O)cc1Br. The van der Waals surface area contributed by atoms with Gasteiger partial charge in [-0.2, -0.15) is 0 Å². The van der Waals surface area contributed by atoms with Crippen LogP contribution in [0.25, 0.3) is 0 Å². The molecule has 7 nitrogen and oxygen atoms in total. The molecule has 1 N–H and O–H groups in total. The molecule has 0 aliphatic heterocycles. The summed E-state index contributed by atoms with van der Waals surface area (Å²) in [6.07, 6.45) is 1.65. The zero-order valence-electron chi connectivity index (χ0n) is 12.2. The molecule has 0 spiro atoms. The fraction of sp³-hybridized carbons (Fsp3) is 0.267. The Morgan fingerprint density at radius 1 is 1.33 bits per heavy atom. The van der Waals surface area contributed by atoms with E-state index in [-0.39, 0.29) is 22.8 Å². The molecule has 2 aromatic rings. The molecule has 0 atom stereocenters. The molecule has 1 fully saturated rings. The molecule has 1 heterocycles. The topological polar surface area (TPSA) is 115 Å². The van der Waals surface area contributed by atoms with Gasteiger partial charge in [0.05, 0.1) is 5.75 Å². The van der Waals surface area contributed by atoms with Gasteiger partial charge in [-0.15, -0.1) is 0 Å². The van der Waals surface area contributed by atoms with Crippen molar-refractivity contribution < 1.29 is 27.6 Å². The summed E-state index contributed by atoms with van der Waals surface area (Å²) in [7, 11) is -2.58. The number of aromatic carboxylic acids is 1. The first-order chi connectivity index (χ1) is 11.4. The van der Waals surface area contributed by atoms with Crippen LogP contribution < -0.4 is 0 Å². The Kier molecular flexibility index (Phi) is 4.55. The van der Waals surface area contributed by atoms with Crippen LogP contribution in [0.4, 0.5) is 0 Å². The molecule has 126 valence electrons. The minimum Gasteiger partial charge on any atom is -0.476 e. The molecule has 1 aliphatic carbocycles. The Morgan fingerprint density at radius 3 is 2.58 bits per heavy atom. The Labute approximate surface area is 146 Å². The predicted molar refractivity (Wildman–Crippen MR) is 87.0 cm³/mol. The molecule has 1 aromatic heterocycles. The highest BCUT2D eigenvalue weighted by molar-refractivity contribution is 9.10. The fourth-order valence-electron chi connectivity index (χ4n) is 2.42. The number of carboxylic acids is 1. The van der Waals surface area contributed by atoms with Gasteiger partial charge >= 0.3 is 5.97 Å². The van der Waals surface area contributed by atoms with E-state index < -0.39 is 28.2 Å². The van der Waals surface area contributed by atoms with Crippen molar-refractivity contribution in [2.45, 2.75) is 24.5 Å². The van der Waals surface area contributed by atoms with Crippen LogP contribution in [0.3, 0.4) is 0 Å². The summed E-state index contributed by atoms with van der Waals surface area (Å²) in [4.78, 5) is 24.1. The van der Waals surface area contributed by atoms with Crippen molar-refractivity contribution in [1.82, 2.24) is 5.16 Å². The van der Waals surface area contributed by atoms with Crippen LogP contribution in [0.5, 0.6) is 0 Å². The standard InChI is InChI=1S/C15H12BrNO6S/c16-10-5-7(6-24(21)22)1-4-9(10)13(18)11-12(15(19)20)17-23-14(11)8-2-3-8/h1,4-5,8,24H,2-3,6H2,(H,19,20). The molecule has 1 aromatic carbocycles. The van der Waals surface area contributed by atoms with E-state index in [1.807, 2.05) is 0 Å². The average molecular weight is 414 g/mol. The summed E-state index contributed by atoms with van der Waals surface area (Å²) in [5, 5.41) is 12.8. The van der Waals surface area contributed by atoms with Crippen molar-refractivity contribution in [1.29, 1.82) is 0 Å². The van der Waals surface area contributed by atoms with Gasteiger partial charge in [0, 0.05) is 16.0 Å². The van der Waals surface area contributed by atoms with Gasteiger partial charge in [-0.3, -0.25) is 4.79 Å². The lowest BCUT2D eigenvalue weighted by atomic mass is 9.99. The quantitative estimate of drug-likeness (QED) is 0.551. The van der Waals surface area contributed by atoms with Gasteiger partial charge in [0.15, 0.2) is 11.5 Å². The zero-order valence-corrected chi connectivity index (χ0v) is 14.7. The maximum absolute atomic E-state index is 12.8. The van der Waals surface area contributed by atoms with Gasteiger partial charge in [-0.25, -0.2) is 13.2 Å². The monoisotopic (exact) mass is 413 g/mol. The molecule has 0 bridgehead atoms. The van der Waals surface area contributed by atoms with Gasteiger partial charge in [-0.05, 0) is 30.5 Å².